The van der Waals surface area contributed by atoms with Gasteiger partial charge in [-0.3, -0.25) is 0 Å². The Morgan fingerprint density at radius 1 is 1.05 bits per heavy atom. The van der Waals surface area contributed by atoms with Crippen LogP contribution in [-0.4, -0.2) is 7.05 Å². The molecule has 3 heteroatoms. The fourth-order valence-corrected chi connectivity index (χ4v) is 3.58. The second kappa shape index (κ2) is 6.29. The van der Waals surface area contributed by atoms with Gasteiger partial charge >= 0.3 is 0 Å². The van der Waals surface area contributed by atoms with Gasteiger partial charge in [0.25, 0.3) is 0 Å². The van der Waals surface area contributed by atoms with Gasteiger partial charge < -0.3 is 10.1 Å². The monoisotopic (exact) mass is 297 g/mol. The fourth-order valence-electron chi connectivity index (χ4n) is 2.57. The molecule has 108 valence electrons. The zero-order valence-electron chi connectivity index (χ0n) is 12.3. The van der Waals surface area contributed by atoms with Crippen molar-refractivity contribution in [3.05, 3.63) is 58.8 Å². The zero-order valence-corrected chi connectivity index (χ0v) is 13.1. The van der Waals surface area contributed by atoms with Crippen molar-refractivity contribution in [2.45, 2.75) is 19.4 Å². The molecule has 0 aliphatic heterocycles. The maximum Gasteiger partial charge on any atom is 0.142 e. The van der Waals surface area contributed by atoms with Gasteiger partial charge in [0, 0.05) is 11.4 Å². The Morgan fingerprint density at radius 2 is 1.86 bits per heavy atom. The minimum absolute atomic E-state index is 0.343. The van der Waals surface area contributed by atoms with Gasteiger partial charge in [-0.2, -0.15) is 0 Å². The molecule has 0 amide bonds. The maximum absolute atomic E-state index is 6.22. The van der Waals surface area contributed by atoms with E-state index in [4.69, 9.17) is 4.74 Å². The Labute approximate surface area is 129 Å². The average Bonchev–Trinajstić information content (AvgIpc) is 2.97. The number of nitrogens with one attached hydrogen (secondary N) is 1. The largest absolute Gasteiger partial charge is 0.455 e. The molecule has 2 aromatic carbocycles. The predicted molar refractivity (Wildman–Crippen MR) is 90.4 cm³/mol. The minimum atomic E-state index is 0.343. The Kier molecular flexibility index (Phi) is 4.23. The highest BCUT2D eigenvalue weighted by Crippen LogP contribution is 2.37. The molecule has 0 saturated heterocycles. The molecule has 0 aliphatic rings. The second-order valence-electron chi connectivity index (χ2n) is 4.98. The molecule has 0 fully saturated rings. The predicted octanol–water partition coefficient (Wildman–Crippen LogP) is 5.36. The summed E-state index contributed by atoms with van der Waals surface area (Å²) >= 11 is 1.74. The molecule has 2 nitrogen and oxygen atoms in total. The zero-order chi connectivity index (χ0) is 14.7. The van der Waals surface area contributed by atoms with Gasteiger partial charge in [0.05, 0.1) is 4.88 Å². The summed E-state index contributed by atoms with van der Waals surface area (Å²) in [6.45, 7) is 2.18. The average molecular weight is 297 g/mol. The van der Waals surface area contributed by atoms with Gasteiger partial charge in [0.15, 0.2) is 0 Å². The highest BCUT2D eigenvalue weighted by atomic mass is 32.1. The van der Waals surface area contributed by atoms with Crippen molar-refractivity contribution in [2.24, 2.45) is 0 Å². The third-order valence-electron chi connectivity index (χ3n) is 3.70. The van der Waals surface area contributed by atoms with Gasteiger partial charge in [0.2, 0.25) is 0 Å². The highest BCUT2D eigenvalue weighted by molar-refractivity contribution is 7.10. The van der Waals surface area contributed by atoms with Crippen molar-refractivity contribution in [3.63, 3.8) is 0 Å². The normalized spacial score (nSPS) is 12.5. The number of benzene rings is 2. The lowest BCUT2D eigenvalue weighted by atomic mass is 10.1. The quantitative estimate of drug-likeness (QED) is 0.684. The lowest BCUT2D eigenvalue weighted by molar-refractivity contribution is 0.469. The Balaban J connectivity index is 1.98. The first kappa shape index (κ1) is 14.1. The summed E-state index contributed by atoms with van der Waals surface area (Å²) < 4.78 is 6.22. The minimum Gasteiger partial charge on any atom is -0.455 e. The molecule has 1 heterocycles. The lowest BCUT2D eigenvalue weighted by Crippen LogP contribution is -2.14. The number of ether oxygens (including phenoxy) is 1. The summed E-state index contributed by atoms with van der Waals surface area (Å²) in [5.74, 6) is 1.87. The summed E-state index contributed by atoms with van der Waals surface area (Å²) in [5.41, 5.74) is 0. The van der Waals surface area contributed by atoms with Crippen molar-refractivity contribution >= 4 is 22.1 Å². The number of fused-ring (bicyclic) bond motifs is 1. The lowest BCUT2D eigenvalue weighted by Gasteiger charge is -2.15. The van der Waals surface area contributed by atoms with E-state index in [1.54, 1.807) is 11.3 Å². The van der Waals surface area contributed by atoms with E-state index in [1.165, 1.54) is 10.3 Å². The van der Waals surface area contributed by atoms with Gasteiger partial charge in [-0.15, -0.1) is 11.3 Å². The van der Waals surface area contributed by atoms with E-state index in [-0.39, 0.29) is 0 Å². The van der Waals surface area contributed by atoms with Crippen molar-refractivity contribution in [3.8, 4) is 11.5 Å². The van der Waals surface area contributed by atoms with Crippen LogP contribution in [0.25, 0.3) is 10.8 Å². The number of rotatable bonds is 5. The van der Waals surface area contributed by atoms with Crippen LogP contribution in [0, 0.1) is 0 Å². The van der Waals surface area contributed by atoms with Crippen molar-refractivity contribution in [1.29, 1.82) is 0 Å². The van der Waals surface area contributed by atoms with Crippen molar-refractivity contribution in [1.82, 2.24) is 5.32 Å². The summed E-state index contributed by atoms with van der Waals surface area (Å²) in [7, 11) is 2.00. The van der Waals surface area contributed by atoms with Gasteiger partial charge in [0.1, 0.15) is 11.5 Å². The van der Waals surface area contributed by atoms with Gasteiger partial charge in [-0.25, -0.2) is 0 Å². The molecule has 1 aromatic heterocycles. The molecular weight excluding hydrogens is 278 g/mol. The highest BCUT2D eigenvalue weighted by Gasteiger charge is 2.15. The van der Waals surface area contributed by atoms with Crippen LogP contribution >= 0.6 is 11.3 Å². The topological polar surface area (TPSA) is 21.3 Å². The second-order valence-corrected chi connectivity index (χ2v) is 5.93. The molecule has 1 atom stereocenters. The summed E-state index contributed by atoms with van der Waals surface area (Å²) in [4.78, 5) is 1.26. The Hall–Kier alpha value is -1.84. The molecule has 0 spiro atoms. The van der Waals surface area contributed by atoms with Crippen LogP contribution in [0.3, 0.4) is 0 Å². The molecule has 3 aromatic rings. The fraction of sp³-hybridized carbons (Fsp3) is 0.222. The molecule has 0 unspecified atom stereocenters. The van der Waals surface area contributed by atoms with Gasteiger partial charge in [-0.1, -0.05) is 43.3 Å². The molecule has 0 radical (unpaired) electrons. The van der Waals surface area contributed by atoms with Crippen LogP contribution in [0.2, 0.25) is 0 Å². The molecule has 0 aliphatic carbocycles. The summed E-state index contributed by atoms with van der Waals surface area (Å²) in [5, 5.41) is 7.79. The molecule has 21 heavy (non-hydrogen) atoms. The van der Waals surface area contributed by atoms with Crippen LogP contribution in [-0.2, 0) is 0 Å². The molecule has 3 rings (SSSR count). The Morgan fingerprint density at radius 3 is 2.67 bits per heavy atom. The molecule has 0 saturated carbocycles. The first-order valence-corrected chi connectivity index (χ1v) is 8.11. The van der Waals surface area contributed by atoms with E-state index in [9.17, 15) is 0 Å². The molecule has 1 N–H and O–H groups in total. The van der Waals surface area contributed by atoms with Crippen molar-refractivity contribution < 1.29 is 4.74 Å². The maximum atomic E-state index is 6.22. The van der Waals surface area contributed by atoms with E-state index in [0.29, 0.717) is 6.04 Å². The van der Waals surface area contributed by atoms with E-state index in [2.05, 4.69) is 48.0 Å². The van der Waals surface area contributed by atoms with Crippen LogP contribution in [0.4, 0.5) is 0 Å². The SMILES string of the molecule is CC[C@H](NC)c1sccc1Oc1cccc2ccccc12. The first-order valence-electron chi connectivity index (χ1n) is 7.23. The third-order valence-corrected chi connectivity index (χ3v) is 4.71. The van der Waals surface area contributed by atoms with Crippen molar-refractivity contribution in [2.75, 3.05) is 7.05 Å². The van der Waals surface area contributed by atoms with E-state index < -0.39 is 0 Å². The summed E-state index contributed by atoms with van der Waals surface area (Å²) in [6.07, 6.45) is 1.04. The van der Waals surface area contributed by atoms with Gasteiger partial charge in [-0.05, 0) is 36.4 Å². The summed E-state index contributed by atoms with van der Waals surface area (Å²) in [6, 6.07) is 16.9. The molecular formula is C18H19NOS. The van der Waals surface area contributed by atoms with E-state index >= 15 is 0 Å². The number of hydrogen-bond donors (Lipinski definition) is 1. The Bertz CT molecular complexity index is 725. The molecule has 0 bridgehead atoms. The van der Waals surface area contributed by atoms with Crippen LogP contribution in [0.1, 0.15) is 24.3 Å². The first-order chi connectivity index (χ1) is 10.3. The van der Waals surface area contributed by atoms with E-state index in [0.717, 1.165) is 23.3 Å². The smallest absolute Gasteiger partial charge is 0.142 e. The van der Waals surface area contributed by atoms with Crippen LogP contribution in [0.5, 0.6) is 11.5 Å². The van der Waals surface area contributed by atoms with Crippen LogP contribution < -0.4 is 10.1 Å². The number of hydrogen-bond acceptors (Lipinski definition) is 3. The van der Waals surface area contributed by atoms with E-state index in [1.807, 2.05) is 25.2 Å². The third kappa shape index (κ3) is 2.80. The van der Waals surface area contributed by atoms with Crippen LogP contribution in [0.15, 0.2) is 53.9 Å². The standard InChI is InChI=1S/C18H19NOS/c1-3-15(19-2)18-17(11-12-21-18)20-16-10-6-8-13-7-4-5-9-14(13)16/h4-12,15,19H,3H2,1-2H3/t15-/m0/s1. The number of thiophene rings is 1.